The van der Waals surface area contributed by atoms with Crippen LogP contribution in [0.5, 0.6) is 0 Å². The number of aryl methyl sites for hydroxylation is 2. The number of amides is 1. The summed E-state index contributed by atoms with van der Waals surface area (Å²) in [7, 11) is 0. The first-order valence-electron chi connectivity index (χ1n) is 8.14. The van der Waals surface area contributed by atoms with Crippen LogP contribution in [0.15, 0.2) is 34.9 Å². The molecule has 24 heavy (non-hydrogen) atoms. The van der Waals surface area contributed by atoms with Gasteiger partial charge in [-0.15, -0.1) is 0 Å². The smallest absolute Gasteiger partial charge is 0.223 e. The quantitative estimate of drug-likeness (QED) is 0.911. The number of carbonyl (C=O) groups is 1. The number of nitrogens with zero attached hydrogens (tertiary/aromatic N) is 2. The summed E-state index contributed by atoms with van der Waals surface area (Å²) in [5, 5.41) is 14.0. The van der Waals surface area contributed by atoms with E-state index < -0.39 is 6.10 Å². The minimum Gasteiger partial charge on any atom is -0.391 e. The highest BCUT2D eigenvalue weighted by molar-refractivity contribution is 5.76. The van der Waals surface area contributed by atoms with Crippen molar-refractivity contribution in [1.82, 2.24) is 10.1 Å². The maximum atomic E-state index is 13.6. The predicted molar refractivity (Wildman–Crippen MR) is 85.7 cm³/mol. The van der Waals surface area contributed by atoms with Gasteiger partial charge >= 0.3 is 0 Å². The molecule has 128 valence electrons. The van der Waals surface area contributed by atoms with Gasteiger partial charge in [0.05, 0.1) is 11.8 Å². The second-order valence-electron chi connectivity index (χ2n) is 6.36. The Hall–Kier alpha value is -2.21. The minimum atomic E-state index is -0.576. The van der Waals surface area contributed by atoms with Gasteiger partial charge in [-0.05, 0) is 25.0 Å². The molecule has 2 unspecified atom stereocenters. The zero-order valence-corrected chi connectivity index (χ0v) is 13.6. The molecule has 0 radical (unpaired) electrons. The van der Waals surface area contributed by atoms with E-state index in [1.807, 2.05) is 13.0 Å². The summed E-state index contributed by atoms with van der Waals surface area (Å²) in [5.74, 6) is 0.311. The summed E-state index contributed by atoms with van der Waals surface area (Å²) in [6.07, 6.45) is 0.582. The number of aliphatic hydroxyl groups excluding tert-OH is 1. The molecule has 0 spiro atoms. The number of aromatic nitrogens is 1. The molecule has 1 aliphatic rings. The fourth-order valence-electron chi connectivity index (χ4n) is 3.13. The van der Waals surface area contributed by atoms with E-state index in [0.717, 1.165) is 11.5 Å². The Labute approximate surface area is 140 Å². The standard InChI is InChI=1S/C18H21FN2O3/c1-12-8-15(24-20-12)9-14-10-21(11-17(14)22)18(23)7-6-13-4-2-3-5-16(13)19/h2-5,8,14,17,22H,6-7,9-11H2,1H3. The fraction of sp³-hybridized carbons (Fsp3) is 0.444. The van der Waals surface area contributed by atoms with Crippen LogP contribution in [0.4, 0.5) is 4.39 Å². The van der Waals surface area contributed by atoms with Crippen molar-refractivity contribution >= 4 is 5.91 Å². The average molecular weight is 332 g/mol. The second-order valence-corrected chi connectivity index (χ2v) is 6.36. The Kier molecular flexibility index (Phi) is 4.94. The summed E-state index contributed by atoms with van der Waals surface area (Å²) < 4.78 is 18.8. The minimum absolute atomic E-state index is 0.0604. The molecule has 1 fully saturated rings. The lowest BCUT2D eigenvalue weighted by atomic mass is 10.0. The molecule has 0 saturated carbocycles. The highest BCUT2D eigenvalue weighted by Crippen LogP contribution is 2.23. The maximum absolute atomic E-state index is 13.6. The molecule has 3 rings (SSSR count). The zero-order chi connectivity index (χ0) is 17.1. The van der Waals surface area contributed by atoms with Gasteiger partial charge in [0.2, 0.25) is 5.91 Å². The van der Waals surface area contributed by atoms with Crippen LogP contribution in [-0.4, -0.2) is 40.3 Å². The van der Waals surface area contributed by atoms with Gasteiger partial charge < -0.3 is 14.5 Å². The zero-order valence-electron chi connectivity index (χ0n) is 13.6. The number of carbonyl (C=O) groups excluding carboxylic acids is 1. The molecule has 1 aromatic heterocycles. The molecule has 0 bridgehead atoms. The molecule has 1 saturated heterocycles. The van der Waals surface area contributed by atoms with E-state index in [9.17, 15) is 14.3 Å². The molecule has 6 heteroatoms. The van der Waals surface area contributed by atoms with Crippen molar-refractivity contribution in [3.8, 4) is 0 Å². The van der Waals surface area contributed by atoms with Crippen molar-refractivity contribution in [2.45, 2.75) is 32.3 Å². The van der Waals surface area contributed by atoms with E-state index in [0.29, 0.717) is 31.5 Å². The Morgan fingerprint density at radius 3 is 2.92 bits per heavy atom. The number of hydrogen-bond acceptors (Lipinski definition) is 4. The highest BCUT2D eigenvalue weighted by atomic mass is 19.1. The third kappa shape index (κ3) is 3.82. The topological polar surface area (TPSA) is 66.6 Å². The van der Waals surface area contributed by atoms with Crippen LogP contribution >= 0.6 is 0 Å². The van der Waals surface area contributed by atoms with Gasteiger partial charge in [0.1, 0.15) is 11.6 Å². The lowest BCUT2D eigenvalue weighted by Gasteiger charge is -2.16. The molecule has 5 nitrogen and oxygen atoms in total. The van der Waals surface area contributed by atoms with E-state index in [1.165, 1.54) is 6.07 Å². The van der Waals surface area contributed by atoms with Gasteiger partial charge in [-0.1, -0.05) is 23.4 Å². The van der Waals surface area contributed by atoms with Crippen molar-refractivity contribution in [1.29, 1.82) is 0 Å². The molecule has 2 heterocycles. The Morgan fingerprint density at radius 1 is 1.42 bits per heavy atom. The maximum Gasteiger partial charge on any atom is 0.223 e. The summed E-state index contributed by atoms with van der Waals surface area (Å²) >= 11 is 0. The van der Waals surface area contributed by atoms with Crippen LogP contribution in [0.25, 0.3) is 0 Å². The molecule has 2 aromatic rings. The van der Waals surface area contributed by atoms with Crippen LogP contribution < -0.4 is 0 Å². The summed E-state index contributed by atoms with van der Waals surface area (Å²) in [5.41, 5.74) is 1.34. The molecule has 1 aromatic carbocycles. The van der Waals surface area contributed by atoms with Gasteiger partial charge in [0.15, 0.2) is 0 Å². The summed E-state index contributed by atoms with van der Waals surface area (Å²) in [4.78, 5) is 14.0. The van der Waals surface area contributed by atoms with Crippen LogP contribution in [0.1, 0.15) is 23.4 Å². The second kappa shape index (κ2) is 7.13. The number of benzene rings is 1. The molecular formula is C18H21FN2O3. The predicted octanol–water partition coefficient (Wildman–Crippen LogP) is 2.12. The van der Waals surface area contributed by atoms with Crippen LogP contribution in [0.2, 0.25) is 0 Å². The first-order valence-corrected chi connectivity index (χ1v) is 8.14. The Balaban J connectivity index is 1.54. The van der Waals surface area contributed by atoms with Crippen molar-refractivity contribution in [3.63, 3.8) is 0 Å². The first-order chi connectivity index (χ1) is 11.5. The van der Waals surface area contributed by atoms with Gasteiger partial charge in [-0.3, -0.25) is 4.79 Å². The number of aliphatic hydroxyl groups is 1. The molecule has 1 aliphatic heterocycles. The van der Waals surface area contributed by atoms with Crippen molar-refractivity contribution < 1.29 is 18.8 Å². The summed E-state index contributed by atoms with van der Waals surface area (Å²) in [6.45, 7) is 2.64. The monoisotopic (exact) mass is 332 g/mol. The molecular weight excluding hydrogens is 311 g/mol. The third-order valence-corrected chi connectivity index (χ3v) is 4.47. The normalized spacial score (nSPS) is 20.5. The number of hydrogen-bond donors (Lipinski definition) is 1. The van der Waals surface area contributed by atoms with E-state index in [2.05, 4.69) is 5.16 Å². The number of halogens is 1. The number of β-amino-alcohol motifs (C(OH)–C–C–N with tert-alkyl or cyclic N) is 1. The van der Waals surface area contributed by atoms with E-state index in [-0.39, 0.29) is 24.1 Å². The third-order valence-electron chi connectivity index (χ3n) is 4.47. The number of rotatable bonds is 5. The molecule has 0 aliphatic carbocycles. The van der Waals surface area contributed by atoms with Crippen molar-refractivity contribution in [2.75, 3.05) is 13.1 Å². The van der Waals surface area contributed by atoms with E-state index in [1.54, 1.807) is 23.1 Å². The van der Waals surface area contributed by atoms with Crippen molar-refractivity contribution in [2.24, 2.45) is 5.92 Å². The largest absolute Gasteiger partial charge is 0.391 e. The summed E-state index contributed by atoms with van der Waals surface area (Å²) in [6, 6.07) is 8.33. The van der Waals surface area contributed by atoms with Gasteiger partial charge in [-0.25, -0.2) is 4.39 Å². The fourth-order valence-corrected chi connectivity index (χ4v) is 3.13. The van der Waals surface area contributed by atoms with Gasteiger partial charge in [0.25, 0.3) is 0 Å². The molecule has 1 N–H and O–H groups in total. The molecule has 1 amide bonds. The van der Waals surface area contributed by atoms with Crippen molar-refractivity contribution in [3.05, 3.63) is 53.2 Å². The average Bonchev–Trinajstić information content (AvgIpc) is 3.13. The first kappa shape index (κ1) is 16.6. The van der Waals surface area contributed by atoms with Crippen LogP contribution in [0.3, 0.4) is 0 Å². The van der Waals surface area contributed by atoms with Gasteiger partial charge in [0, 0.05) is 37.9 Å². The SMILES string of the molecule is Cc1cc(CC2CN(C(=O)CCc3ccccc3F)CC2O)on1. The lowest BCUT2D eigenvalue weighted by Crippen LogP contribution is -2.29. The molecule has 2 atom stereocenters. The van der Waals surface area contributed by atoms with E-state index >= 15 is 0 Å². The van der Waals surface area contributed by atoms with Gasteiger partial charge in [-0.2, -0.15) is 0 Å². The van der Waals surface area contributed by atoms with Crippen LogP contribution in [-0.2, 0) is 17.6 Å². The Bertz CT molecular complexity index is 716. The van der Waals surface area contributed by atoms with E-state index in [4.69, 9.17) is 4.52 Å². The van der Waals surface area contributed by atoms with Crippen LogP contribution in [0, 0.1) is 18.7 Å². The highest BCUT2D eigenvalue weighted by Gasteiger charge is 2.34. The lowest BCUT2D eigenvalue weighted by molar-refractivity contribution is -0.130. The Morgan fingerprint density at radius 2 is 2.21 bits per heavy atom. The number of likely N-dealkylation sites (tertiary alicyclic amines) is 1.